The van der Waals surface area contributed by atoms with Crippen LogP contribution < -0.4 is 19.7 Å². The van der Waals surface area contributed by atoms with Gasteiger partial charge in [-0.05, 0) is 61.2 Å². The Labute approximate surface area is 171 Å². The van der Waals surface area contributed by atoms with Gasteiger partial charge in [-0.15, -0.1) is 0 Å². The lowest BCUT2D eigenvalue weighted by Gasteiger charge is -2.30. The fraction of sp³-hybridized carbons (Fsp3) is 0.304. The molecule has 6 nitrogen and oxygen atoms in total. The molecule has 0 amide bonds. The van der Waals surface area contributed by atoms with Crippen LogP contribution in [0.15, 0.2) is 42.5 Å². The van der Waals surface area contributed by atoms with Gasteiger partial charge < -0.3 is 19.7 Å². The van der Waals surface area contributed by atoms with Gasteiger partial charge in [0.15, 0.2) is 11.5 Å². The molecule has 4 rings (SSSR count). The molecule has 6 heteroatoms. The molecular formula is C23H26N4O2. The molecule has 2 aromatic carbocycles. The van der Waals surface area contributed by atoms with E-state index in [9.17, 15) is 0 Å². The highest BCUT2D eigenvalue weighted by Gasteiger charge is 2.21. The van der Waals surface area contributed by atoms with E-state index in [-0.39, 0.29) is 0 Å². The van der Waals surface area contributed by atoms with E-state index in [1.165, 1.54) is 16.7 Å². The molecule has 0 radical (unpaired) electrons. The number of hydrogen-bond donors (Lipinski definition) is 1. The van der Waals surface area contributed by atoms with E-state index in [0.717, 1.165) is 54.2 Å². The summed E-state index contributed by atoms with van der Waals surface area (Å²) in [5.74, 6) is 4.01. The summed E-state index contributed by atoms with van der Waals surface area (Å²) in [6.07, 6.45) is 0.930. The maximum Gasteiger partial charge on any atom is 0.161 e. The Balaban J connectivity index is 1.60. The SMILES string of the molecule is COc1cc2c(cc1OC)CN(c1cc(Nc3cccc(C)c3)nc(C)n1)CC2. The summed E-state index contributed by atoms with van der Waals surface area (Å²) in [4.78, 5) is 11.5. The molecule has 3 aromatic rings. The van der Waals surface area contributed by atoms with E-state index >= 15 is 0 Å². The van der Waals surface area contributed by atoms with Gasteiger partial charge in [-0.25, -0.2) is 9.97 Å². The molecule has 0 bridgehead atoms. The summed E-state index contributed by atoms with van der Waals surface area (Å²) < 4.78 is 10.9. The van der Waals surface area contributed by atoms with Gasteiger partial charge in [0.2, 0.25) is 0 Å². The van der Waals surface area contributed by atoms with E-state index in [4.69, 9.17) is 9.47 Å². The second kappa shape index (κ2) is 7.99. The van der Waals surface area contributed by atoms with Crippen molar-refractivity contribution in [1.29, 1.82) is 0 Å². The minimum atomic E-state index is 0.746. The molecule has 0 unspecified atom stereocenters. The lowest BCUT2D eigenvalue weighted by molar-refractivity contribution is 0.353. The Hall–Kier alpha value is -3.28. The number of rotatable bonds is 5. The van der Waals surface area contributed by atoms with Crippen molar-refractivity contribution in [3.8, 4) is 11.5 Å². The van der Waals surface area contributed by atoms with E-state index < -0.39 is 0 Å². The van der Waals surface area contributed by atoms with Crippen molar-refractivity contribution in [1.82, 2.24) is 9.97 Å². The molecule has 1 N–H and O–H groups in total. The quantitative estimate of drug-likeness (QED) is 0.696. The van der Waals surface area contributed by atoms with Crippen LogP contribution in [0, 0.1) is 13.8 Å². The largest absolute Gasteiger partial charge is 0.493 e. The van der Waals surface area contributed by atoms with Crippen molar-refractivity contribution < 1.29 is 9.47 Å². The molecule has 0 aliphatic carbocycles. The second-order valence-electron chi connectivity index (χ2n) is 7.30. The zero-order valence-corrected chi connectivity index (χ0v) is 17.3. The van der Waals surface area contributed by atoms with E-state index in [1.807, 2.05) is 25.1 Å². The van der Waals surface area contributed by atoms with E-state index in [1.54, 1.807) is 14.2 Å². The molecule has 150 valence electrons. The first-order valence-corrected chi connectivity index (χ1v) is 9.74. The van der Waals surface area contributed by atoms with E-state index in [0.29, 0.717) is 0 Å². The predicted molar refractivity (Wildman–Crippen MR) is 116 cm³/mol. The van der Waals surface area contributed by atoms with Gasteiger partial charge in [-0.3, -0.25) is 0 Å². The fourth-order valence-electron chi connectivity index (χ4n) is 3.73. The molecule has 0 saturated carbocycles. The van der Waals surface area contributed by atoms with Gasteiger partial charge >= 0.3 is 0 Å². The molecule has 1 aromatic heterocycles. The average Bonchev–Trinajstić information content (AvgIpc) is 2.71. The van der Waals surface area contributed by atoms with Gasteiger partial charge in [0.25, 0.3) is 0 Å². The zero-order chi connectivity index (χ0) is 20.4. The summed E-state index contributed by atoms with van der Waals surface area (Å²) in [5, 5.41) is 3.40. The van der Waals surface area contributed by atoms with Crippen LogP contribution in [0.25, 0.3) is 0 Å². The van der Waals surface area contributed by atoms with Gasteiger partial charge in [0, 0.05) is 24.8 Å². The standard InChI is InChI=1S/C23H26N4O2/c1-15-6-5-7-19(10-15)26-22-13-23(25-16(2)24-22)27-9-8-17-11-20(28-3)21(29-4)12-18(17)14-27/h5-7,10-13H,8-9,14H2,1-4H3,(H,24,25,26). The van der Waals surface area contributed by atoms with Crippen LogP contribution in [0.4, 0.5) is 17.3 Å². The van der Waals surface area contributed by atoms with Gasteiger partial charge in [0.1, 0.15) is 17.5 Å². The normalized spacial score (nSPS) is 13.0. The summed E-state index contributed by atoms with van der Waals surface area (Å²) in [7, 11) is 3.34. The summed E-state index contributed by atoms with van der Waals surface area (Å²) >= 11 is 0. The zero-order valence-electron chi connectivity index (χ0n) is 17.3. The number of aromatic nitrogens is 2. The summed E-state index contributed by atoms with van der Waals surface area (Å²) in [5.41, 5.74) is 4.76. The number of aryl methyl sites for hydroxylation is 2. The monoisotopic (exact) mass is 390 g/mol. The first-order valence-electron chi connectivity index (χ1n) is 9.74. The predicted octanol–water partition coefficient (Wildman–Crippen LogP) is 4.42. The van der Waals surface area contributed by atoms with Crippen molar-refractivity contribution in [2.75, 3.05) is 31.0 Å². The van der Waals surface area contributed by atoms with Crippen molar-refractivity contribution in [3.05, 3.63) is 65.0 Å². The van der Waals surface area contributed by atoms with Crippen LogP contribution in [0.1, 0.15) is 22.5 Å². The molecule has 0 fully saturated rings. The molecule has 1 aliphatic heterocycles. The van der Waals surface area contributed by atoms with Gasteiger partial charge in [-0.2, -0.15) is 0 Å². The van der Waals surface area contributed by atoms with Crippen molar-refractivity contribution in [2.45, 2.75) is 26.8 Å². The Morgan fingerprint density at radius 1 is 0.931 bits per heavy atom. The minimum Gasteiger partial charge on any atom is -0.493 e. The number of methoxy groups -OCH3 is 2. The first-order chi connectivity index (χ1) is 14.1. The maximum absolute atomic E-state index is 5.48. The highest BCUT2D eigenvalue weighted by Crippen LogP contribution is 2.34. The fourth-order valence-corrected chi connectivity index (χ4v) is 3.73. The van der Waals surface area contributed by atoms with E-state index in [2.05, 4.69) is 51.4 Å². The van der Waals surface area contributed by atoms with Gasteiger partial charge in [0.05, 0.1) is 14.2 Å². The van der Waals surface area contributed by atoms with Crippen molar-refractivity contribution in [3.63, 3.8) is 0 Å². The molecule has 0 atom stereocenters. The molecule has 1 aliphatic rings. The third kappa shape index (κ3) is 4.11. The van der Waals surface area contributed by atoms with Crippen LogP contribution in [-0.2, 0) is 13.0 Å². The summed E-state index contributed by atoms with van der Waals surface area (Å²) in [6.45, 7) is 5.67. The Kier molecular flexibility index (Phi) is 5.25. The molecular weight excluding hydrogens is 364 g/mol. The number of hydrogen-bond acceptors (Lipinski definition) is 6. The Bertz CT molecular complexity index is 1040. The summed E-state index contributed by atoms with van der Waals surface area (Å²) in [6, 6.07) is 14.4. The molecule has 2 heterocycles. The minimum absolute atomic E-state index is 0.746. The molecule has 0 saturated heterocycles. The Morgan fingerprint density at radius 2 is 1.69 bits per heavy atom. The molecule has 0 spiro atoms. The van der Waals surface area contributed by atoms with Crippen LogP contribution in [0.5, 0.6) is 11.5 Å². The number of nitrogens with zero attached hydrogens (tertiary/aromatic N) is 3. The van der Waals surface area contributed by atoms with Crippen LogP contribution in [0.3, 0.4) is 0 Å². The van der Waals surface area contributed by atoms with Gasteiger partial charge in [-0.1, -0.05) is 12.1 Å². The van der Waals surface area contributed by atoms with Crippen molar-refractivity contribution >= 4 is 17.3 Å². The third-order valence-electron chi connectivity index (χ3n) is 5.16. The third-order valence-corrected chi connectivity index (χ3v) is 5.16. The lowest BCUT2D eigenvalue weighted by Crippen LogP contribution is -2.31. The van der Waals surface area contributed by atoms with Crippen LogP contribution >= 0.6 is 0 Å². The highest BCUT2D eigenvalue weighted by atomic mass is 16.5. The lowest BCUT2D eigenvalue weighted by atomic mass is 9.99. The number of anilines is 3. The topological polar surface area (TPSA) is 59.5 Å². The number of fused-ring (bicyclic) bond motifs is 1. The molecule has 29 heavy (non-hydrogen) atoms. The smallest absolute Gasteiger partial charge is 0.161 e. The number of ether oxygens (including phenoxy) is 2. The van der Waals surface area contributed by atoms with Crippen LogP contribution in [-0.4, -0.2) is 30.7 Å². The maximum atomic E-state index is 5.48. The number of benzene rings is 2. The highest BCUT2D eigenvalue weighted by molar-refractivity contribution is 5.61. The first kappa shape index (κ1) is 19.1. The number of nitrogens with one attached hydrogen (secondary N) is 1. The second-order valence-corrected chi connectivity index (χ2v) is 7.30. The van der Waals surface area contributed by atoms with Crippen LogP contribution in [0.2, 0.25) is 0 Å². The average molecular weight is 390 g/mol. The van der Waals surface area contributed by atoms with Crippen molar-refractivity contribution in [2.24, 2.45) is 0 Å². The Morgan fingerprint density at radius 3 is 2.41 bits per heavy atom.